The fraction of sp³-hybridized carbons (Fsp3) is 1.00. The van der Waals surface area contributed by atoms with Crippen molar-refractivity contribution in [3.05, 3.63) is 0 Å². The zero-order valence-electron chi connectivity index (χ0n) is 13.2. The summed E-state index contributed by atoms with van der Waals surface area (Å²) in [6.45, 7) is 12.7. The largest absolute Gasteiger partial charge is 0.298 e. The predicted octanol–water partition coefficient (Wildman–Crippen LogP) is 3.37. The fourth-order valence-electron chi connectivity index (χ4n) is 4.38. The molecule has 0 radical (unpaired) electrons. The van der Waals surface area contributed by atoms with E-state index in [2.05, 4.69) is 30.6 Å². The van der Waals surface area contributed by atoms with Gasteiger partial charge in [-0.1, -0.05) is 27.2 Å². The van der Waals surface area contributed by atoms with Gasteiger partial charge in [-0.3, -0.25) is 9.80 Å². The Balaban J connectivity index is 1.66. The highest BCUT2D eigenvalue weighted by atomic mass is 15.3. The van der Waals surface area contributed by atoms with E-state index in [1.165, 1.54) is 64.7 Å². The molecule has 0 bridgehead atoms. The first-order valence-electron chi connectivity index (χ1n) is 8.63. The molecule has 110 valence electrons. The fourth-order valence-corrected chi connectivity index (χ4v) is 4.38. The van der Waals surface area contributed by atoms with Crippen LogP contribution in [-0.4, -0.2) is 48.1 Å². The zero-order chi connectivity index (χ0) is 13.5. The average Bonchev–Trinajstić information content (AvgIpc) is 3.19. The first-order chi connectivity index (χ1) is 9.14. The third kappa shape index (κ3) is 2.71. The van der Waals surface area contributed by atoms with E-state index in [9.17, 15) is 0 Å². The summed E-state index contributed by atoms with van der Waals surface area (Å²) in [4.78, 5) is 5.67. The molecule has 0 N–H and O–H groups in total. The Labute approximate surface area is 119 Å². The highest BCUT2D eigenvalue weighted by Crippen LogP contribution is 2.52. The minimum absolute atomic E-state index is 0.685. The van der Waals surface area contributed by atoms with Gasteiger partial charge in [0.25, 0.3) is 0 Å². The summed E-state index contributed by atoms with van der Waals surface area (Å²) in [5.41, 5.74) is 0.685. The van der Waals surface area contributed by atoms with Crippen LogP contribution in [0.2, 0.25) is 0 Å². The van der Waals surface area contributed by atoms with Gasteiger partial charge in [0, 0.05) is 31.7 Å². The maximum atomic E-state index is 2.87. The van der Waals surface area contributed by atoms with Gasteiger partial charge in [-0.15, -0.1) is 0 Å². The van der Waals surface area contributed by atoms with Gasteiger partial charge in [-0.2, -0.15) is 0 Å². The van der Waals surface area contributed by atoms with Crippen LogP contribution < -0.4 is 0 Å². The van der Waals surface area contributed by atoms with Crippen LogP contribution >= 0.6 is 0 Å². The lowest BCUT2D eigenvalue weighted by atomic mass is 9.89. The SMILES string of the molecule is CCC1CN2CCCCC2CN1CC1(C(C)C)CC1. The van der Waals surface area contributed by atoms with Crippen molar-refractivity contribution in [3.8, 4) is 0 Å². The first-order valence-corrected chi connectivity index (χ1v) is 8.63. The maximum Gasteiger partial charge on any atom is 0.0223 e. The van der Waals surface area contributed by atoms with E-state index in [-0.39, 0.29) is 0 Å². The number of hydrogen-bond acceptors (Lipinski definition) is 2. The van der Waals surface area contributed by atoms with Gasteiger partial charge in [-0.25, -0.2) is 0 Å². The minimum atomic E-state index is 0.685. The normalized spacial score (nSPS) is 35.4. The van der Waals surface area contributed by atoms with E-state index >= 15 is 0 Å². The molecule has 1 saturated carbocycles. The lowest BCUT2D eigenvalue weighted by Crippen LogP contribution is -2.60. The molecule has 0 amide bonds. The standard InChI is InChI=1S/C17H32N2/c1-4-15-11-18-10-6-5-7-16(18)12-19(15)13-17(8-9-17)14(2)3/h14-16H,4-13H2,1-3H3. The number of hydrogen-bond donors (Lipinski definition) is 0. The molecule has 2 heteroatoms. The molecule has 2 aliphatic heterocycles. The van der Waals surface area contributed by atoms with Crippen LogP contribution in [0.3, 0.4) is 0 Å². The third-order valence-electron chi connectivity index (χ3n) is 6.26. The van der Waals surface area contributed by atoms with Gasteiger partial charge in [0.2, 0.25) is 0 Å². The molecule has 3 fully saturated rings. The predicted molar refractivity (Wildman–Crippen MR) is 81.4 cm³/mol. The van der Waals surface area contributed by atoms with Crippen LogP contribution in [0, 0.1) is 11.3 Å². The summed E-state index contributed by atoms with van der Waals surface area (Å²) in [5.74, 6) is 0.870. The summed E-state index contributed by atoms with van der Waals surface area (Å²) >= 11 is 0. The number of nitrogens with zero attached hydrogens (tertiary/aromatic N) is 2. The van der Waals surface area contributed by atoms with Gasteiger partial charge in [-0.05, 0) is 50.0 Å². The van der Waals surface area contributed by atoms with Crippen LogP contribution in [0.25, 0.3) is 0 Å². The van der Waals surface area contributed by atoms with Gasteiger partial charge in [0.05, 0.1) is 0 Å². The lowest BCUT2D eigenvalue weighted by molar-refractivity contribution is -0.00650. The van der Waals surface area contributed by atoms with E-state index in [1.807, 2.05) is 0 Å². The van der Waals surface area contributed by atoms with E-state index < -0.39 is 0 Å². The summed E-state index contributed by atoms with van der Waals surface area (Å²) in [6, 6.07) is 1.70. The van der Waals surface area contributed by atoms with Crippen molar-refractivity contribution in [3.63, 3.8) is 0 Å². The summed E-state index contributed by atoms with van der Waals surface area (Å²) in [6.07, 6.45) is 8.63. The zero-order valence-corrected chi connectivity index (χ0v) is 13.2. The molecule has 3 rings (SSSR count). The topological polar surface area (TPSA) is 6.48 Å². The molecular weight excluding hydrogens is 232 g/mol. The van der Waals surface area contributed by atoms with Crippen LogP contribution in [0.4, 0.5) is 0 Å². The second-order valence-corrected chi connectivity index (χ2v) is 7.65. The van der Waals surface area contributed by atoms with Crippen molar-refractivity contribution < 1.29 is 0 Å². The molecule has 0 spiro atoms. The van der Waals surface area contributed by atoms with Crippen LogP contribution in [0.1, 0.15) is 59.3 Å². The smallest absolute Gasteiger partial charge is 0.0223 e. The van der Waals surface area contributed by atoms with E-state index in [4.69, 9.17) is 0 Å². The van der Waals surface area contributed by atoms with Crippen molar-refractivity contribution >= 4 is 0 Å². The van der Waals surface area contributed by atoms with Crippen molar-refractivity contribution in [2.75, 3.05) is 26.2 Å². The summed E-state index contributed by atoms with van der Waals surface area (Å²) in [7, 11) is 0. The molecule has 2 heterocycles. The summed E-state index contributed by atoms with van der Waals surface area (Å²) < 4.78 is 0. The highest BCUT2D eigenvalue weighted by molar-refractivity contribution is 5.01. The first kappa shape index (κ1) is 13.9. The van der Waals surface area contributed by atoms with Crippen molar-refractivity contribution in [1.29, 1.82) is 0 Å². The maximum absolute atomic E-state index is 2.87. The molecule has 2 atom stereocenters. The Morgan fingerprint density at radius 2 is 1.95 bits per heavy atom. The quantitative estimate of drug-likeness (QED) is 0.768. The molecule has 2 unspecified atom stereocenters. The number of fused-ring (bicyclic) bond motifs is 1. The second kappa shape index (κ2) is 5.37. The van der Waals surface area contributed by atoms with Gasteiger partial charge in [0.1, 0.15) is 0 Å². The number of piperidine rings is 1. The molecule has 2 saturated heterocycles. The molecule has 0 aromatic heterocycles. The Morgan fingerprint density at radius 1 is 1.16 bits per heavy atom. The Kier molecular flexibility index (Phi) is 3.92. The van der Waals surface area contributed by atoms with E-state index in [1.54, 1.807) is 0 Å². The monoisotopic (exact) mass is 264 g/mol. The van der Waals surface area contributed by atoms with Crippen LogP contribution in [0.5, 0.6) is 0 Å². The van der Waals surface area contributed by atoms with Crippen molar-refractivity contribution in [1.82, 2.24) is 9.80 Å². The molecular formula is C17H32N2. The minimum Gasteiger partial charge on any atom is -0.298 e. The molecule has 19 heavy (non-hydrogen) atoms. The Hall–Kier alpha value is -0.0800. The van der Waals surface area contributed by atoms with Gasteiger partial charge < -0.3 is 0 Å². The van der Waals surface area contributed by atoms with Gasteiger partial charge >= 0.3 is 0 Å². The lowest BCUT2D eigenvalue weighted by Gasteiger charge is -2.49. The Morgan fingerprint density at radius 3 is 2.58 bits per heavy atom. The summed E-state index contributed by atoms with van der Waals surface area (Å²) in [5, 5.41) is 0. The molecule has 0 aromatic rings. The van der Waals surface area contributed by atoms with Gasteiger partial charge in [0.15, 0.2) is 0 Å². The third-order valence-corrected chi connectivity index (χ3v) is 6.26. The number of piperazine rings is 1. The molecule has 2 nitrogen and oxygen atoms in total. The van der Waals surface area contributed by atoms with Crippen molar-refractivity contribution in [2.24, 2.45) is 11.3 Å². The van der Waals surface area contributed by atoms with E-state index in [0.717, 1.165) is 18.0 Å². The average molecular weight is 264 g/mol. The molecule has 1 aliphatic carbocycles. The van der Waals surface area contributed by atoms with E-state index in [0.29, 0.717) is 5.41 Å². The molecule has 0 aromatic carbocycles. The van der Waals surface area contributed by atoms with Crippen molar-refractivity contribution in [2.45, 2.75) is 71.4 Å². The second-order valence-electron chi connectivity index (χ2n) is 7.65. The Bertz CT molecular complexity index is 308. The van der Waals surface area contributed by atoms with Crippen LogP contribution in [-0.2, 0) is 0 Å². The molecule has 3 aliphatic rings. The number of rotatable bonds is 4. The van der Waals surface area contributed by atoms with Crippen LogP contribution in [0.15, 0.2) is 0 Å². The highest BCUT2D eigenvalue weighted by Gasteiger charge is 2.48.